The van der Waals surface area contributed by atoms with Gasteiger partial charge in [-0.05, 0) is 38.6 Å². The van der Waals surface area contributed by atoms with Crippen molar-refractivity contribution >= 4 is 11.8 Å². The Hall–Kier alpha value is -2.08. The number of rotatable bonds is 9. The molecule has 0 aromatic heterocycles. The van der Waals surface area contributed by atoms with Crippen LogP contribution in [0.1, 0.15) is 19.4 Å². The Kier molecular flexibility index (Phi) is 8.11. The minimum Gasteiger partial charge on any atom is -0.497 e. The van der Waals surface area contributed by atoms with Crippen molar-refractivity contribution < 1.29 is 14.3 Å². The van der Waals surface area contributed by atoms with E-state index in [4.69, 9.17) is 4.74 Å². The smallest absolute Gasteiger partial charge is 0.239 e. The van der Waals surface area contributed by atoms with Crippen molar-refractivity contribution in [3.05, 3.63) is 29.8 Å². The molecule has 1 aromatic rings. The Balaban J connectivity index is 2.51. The Labute approximate surface area is 138 Å². The molecule has 0 radical (unpaired) electrons. The number of amides is 2. The zero-order valence-corrected chi connectivity index (χ0v) is 14.5. The van der Waals surface area contributed by atoms with E-state index < -0.39 is 0 Å². The van der Waals surface area contributed by atoms with Crippen molar-refractivity contribution in [3.63, 3.8) is 0 Å². The number of carbonyl (C=O) groups is 2. The summed E-state index contributed by atoms with van der Waals surface area (Å²) < 4.78 is 5.13. The van der Waals surface area contributed by atoms with Crippen LogP contribution in [0.25, 0.3) is 0 Å². The van der Waals surface area contributed by atoms with Crippen LogP contribution >= 0.6 is 0 Å². The van der Waals surface area contributed by atoms with E-state index in [1.54, 1.807) is 12.0 Å². The zero-order valence-electron chi connectivity index (χ0n) is 14.5. The van der Waals surface area contributed by atoms with Crippen LogP contribution in [0.2, 0.25) is 0 Å². The molecule has 0 bridgehead atoms. The second-order valence-electron chi connectivity index (χ2n) is 5.38. The number of likely N-dealkylation sites (N-methyl/N-ethyl adjacent to an activating group) is 3. The van der Waals surface area contributed by atoms with Crippen LogP contribution in [-0.4, -0.2) is 62.0 Å². The fourth-order valence-electron chi connectivity index (χ4n) is 2.23. The Morgan fingerprint density at radius 2 is 1.78 bits per heavy atom. The van der Waals surface area contributed by atoms with E-state index in [9.17, 15) is 9.59 Å². The summed E-state index contributed by atoms with van der Waals surface area (Å²) in [6, 6.07) is 7.76. The summed E-state index contributed by atoms with van der Waals surface area (Å²) in [6.07, 6.45) is 0. The Morgan fingerprint density at radius 1 is 1.13 bits per heavy atom. The van der Waals surface area contributed by atoms with Gasteiger partial charge in [0.25, 0.3) is 0 Å². The largest absolute Gasteiger partial charge is 0.497 e. The van der Waals surface area contributed by atoms with E-state index in [0.29, 0.717) is 19.6 Å². The standard InChI is InChI=1S/C17H27N3O3/c1-5-18-16(21)12-20(6-2)17(22)13-19(3)11-14-7-9-15(23-4)10-8-14/h7-10H,5-6,11-13H2,1-4H3,(H,18,21). The number of nitrogens with one attached hydrogen (secondary N) is 1. The summed E-state index contributed by atoms with van der Waals surface area (Å²) in [6.45, 7) is 5.88. The highest BCUT2D eigenvalue weighted by molar-refractivity contribution is 5.85. The lowest BCUT2D eigenvalue weighted by Crippen LogP contribution is -2.44. The van der Waals surface area contributed by atoms with Gasteiger partial charge >= 0.3 is 0 Å². The third-order valence-electron chi connectivity index (χ3n) is 3.46. The van der Waals surface area contributed by atoms with E-state index in [1.807, 2.05) is 50.1 Å². The van der Waals surface area contributed by atoms with Crippen LogP contribution in [0.3, 0.4) is 0 Å². The average Bonchev–Trinajstić information content (AvgIpc) is 2.53. The number of ether oxygens (including phenoxy) is 1. The van der Waals surface area contributed by atoms with Crippen LogP contribution in [0.15, 0.2) is 24.3 Å². The molecule has 6 nitrogen and oxygen atoms in total. The molecule has 0 saturated carbocycles. The predicted molar refractivity (Wildman–Crippen MR) is 90.3 cm³/mol. The van der Waals surface area contributed by atoms with Gasteiger partial charge in [0.15, 0.2) is 0 Å². The lowest BCUT2D eigenvalue weighted by molar-refractivity contribution is -0.136. The lowest BCUT2D eigenvalue weighted by Gasteiger charge is -2.24. The van der Waals surface area contributed by atoms with Gasteiger partial charge in [-0.1, -0.05) is 12.1 Å². The number of hydrogen-bond donors (Lipinski definition) is 1. The Bertz CT molecular complexity index is 502. The third kappa shape index (κ3) is 6.69. The molecule has 0 heterocycles. The number of hydrogen-bond acceptors (Lipinski definition) is 4. The van der Waals surface area contributed by atoms with Crippen LogP contribution < -0.4 is 10.1 Å². The quantitative estimate of drug-likeness (QED) is 0.740. The second-order valence-corrected chi connectivity index (χ2v) is 5.38. The number of benzene rings is 1. The molecule has 1 aromatic carbocycles. The molecule has 0 aliphatic rings. The van der Waals surface area contributed by atoms with Gasteiger partial charge in [-0.25, -0.2) is 0 Å². The second kappa shape index (κ2) is 9.84. The minimum atomic E-state index is -0.125. The highest BCUT2D eigenvalue weighted by Gasteiger charge is 2.16. The van der Waals surface area contributed by atoms with Crippen molar-refractivity contribution in [2.24, 2.45) is 0 Å². The van der Waals surface area contributed by atoms with E-state index in [1.165, 1.54) is 0 Å². The van der Waals surface area contributed by atoms with Gasteiger partial charge < -0.3 is 15.0 Å². The fourth-order valence-corrected chi connectivity index (χ4v) is 2.23. The van der Waals surface area contributed by atoms with E-state index in [2.05, 4.69) is 5.32 Å². The van der Waals surface area contributed by atoms with Crippen molar-refractivity contribution in [2.45, 2.75) is 20.4 Å². The monoisotopic (exact) mass is 321 g/mol. The topological polar surface area (TPSA) is 61.9 Å². The summed E-state index contributed by atoms with van der Waals surface area (Å²) in [5.74, 6) is 0.641. The van der Waals surface area contributed by atoms with Crippen molar-refractivity contribution in [1.29, 1.82) is 0 Å². The Morgan fingerprint density at radius 3 is 2.30 bits per heavy atom. The molecule has 23 heavy (non-hydrogen) atoms. The maximum atomic E-state index is 12.3. The fraction of sp³-hybridized carbons (Fsp3) is 0.529. The highest BCUT2D eigenvalue weighted by atomic mass is 16.5. The first-order valence-corrected chi connectivity index (χ1v) is 7.86. The van der Waals surface area contributed by atoms with E-state index in [-0.39, 0.29) is 24.9 Å². The van der Waals surface area contributed by atoms with Gasteiger partial charge in [-0.2, -0.15) is 0 Å². The van der Waals surface area contributed by atoms with Gasteiger partial charge in [0.1, 0.15) is 5.75 Å². The first-order valence-electron chi connectivity index (χ1n) is 7.86. The third-order valence-corrected chi connectivity index (χ3v) is 3.46. The SMILES string of the molecule is CCNC(=O)CN(CC)C(=O)CN(C)Cc1ccc(OC)cc1. The van der Waals surface area contributed by atoms with Crippen LogP contribution in [-0.2, 0) is 16.1 Å². The minimum absolute atomic E-state index is 0.0465. The van der Waals surface area contributed by atoms with Crippen molar-refractivity contribution in [2.75, 3.05) is 40.3 Å². The molecule has 0 saturated heterocycles. The molecule has 0 aliphatic carbocycles. The molecular formula is C17H27N3O3. The van der Waals surface area contributed by atoms with Gasteiger partial charge in [0.2, 0.25) is 11.8 Å². The normalized spacial score (nSPS) is 10.5. The van der Waals surface area contributed by atoms with Gasteiger partial charge in [-0.3, -0.25) is 14.5 Å². The number of carbonyl (C=O) groups excluding carboxylic acids is 2. The highest BCUT2D eigenvalue weighted by Crippen LogP contribution is 2.12. The zero-order chi connectivity index (χ0) is 17.2. The molecule has 128 valence electrons. The van der Waals surface area contributed by atoms with Gasteiger partial charge in [-0.15, -0.1) is 0 Å². The molecule has 2 amide bonds. The molecule has 0 spiro atoms. The van der Waals surface area contributed by atoms with E-state index >= 15 is 0 Å². The number of nitrogens with zero attached hydrogens (tertiary/aromatic N) is 2. The predicted octanol–water partition coefficient (Wildman–Crippen LogP) is 1.11. The maximum absolute atomic E-state index is 12.3. The molecule has 1 rings (SSSR count). The molecule has 1 N–H and O–H groups in total. The first kappa shape index (κ1) is 19.0. The average molecular weight is 321 g/mol. The molecular weight excluding hydrogens is 294 g/mol. The summed E-state index contributed by atoms with van der Waals surface area (Å²) in [5.41, 5.74) is 1.10. The van der Waals surface area contributed by atoms with Crippen molar-refractivity contribution in [1.82, 2.24) is 15.1 Å². The van der Waals surface area contributed by atoms with Crippen LogP contribution in [0.5, 0.6) is 5.75 Å². The van der Waals surface area contributed by atoms with Crippen LogP contribution in [0.4, 0.5) is 0 Å². The molecule has 0 unspecified atom stereocenters. The van der Waals surface area contributed by atoms with Crippen molar-refractivity contribution in [3.8, 4) is 5.75 Å². The summed E-state index contributed by atoms with van der Waals surface area (Å²) >= 11 is 0. The van der Waals surface area contributed by atoms with Gasteiger partial charge in [0, 0.05) is 19.6 Å². The number of methoxy groups -OCH3 is 1. The lowest BCUT2D eigenvalue weighted by atomic mass is 10.2. The first-order chi connectivity index (χ1) is 11.0. The van der Waals surface area contributed by atoms with Gasteiger partial charge in [0.05, 0.1) is 20.2 Å². The van der Waals surface area contributed by atoms with Crippen LogP contribution in [0, 0.1) is 0 Å². The molecule has 0 atom stereocenters. The van der Waals surface area contributed by atoms with E-state index in [0.717, 1.165) is 11.3 Å². The molecule has 0 fully saturated rings. The molecule has 6 heteroatoms. The summed E-state index contributed by atoms with van der Waals surface area (Å²) in [4.78, 5) is 27.4. The molecule has 0 aliphatic heterocycles. The summed E-state index contributed by atoms with van der Waals surface area (Å²) in [7, 11) is 3.52. The maximum Gasteiger partial charge on any atom is 0.239 e. The summed E-state index contributed by atoms with van der Waals surface area (Å²) in [5, 5.41) is 2.71.